The minimum atomic E-state index is -0.836. The number of nitro benzene ring substituents is 1. The molecule has 0 bridgehead atoms. The summed E-state index contributed by atoms with van der Waals surface area (Å²) in [6.07, 6.45) is 0. The number of hydrogen-bond acceptors (Lipinski definition) is 8. The molecule has 0 spiro atoms. The summed E-state index contributed by atoms with van der Waals surface area (Å²) in [7, 11) is 2.73. The van der Waals surface area contributed by atoms with Gasteiger partial charge < -0.3 is 14.2 Å². The van der Waals surface area contributed by atoms with Crippen molar-refractivity contribution in [3.63, 3.8) is 0 Å². The Kier molecular flexibility index (Phi) is 4.99. The van der Waals surface area contributed by atoms with Crippen LogP contribution >= 0.6 is 11.3 Å². The Labute approximate surface area is 152 Å². The molecule has 1 aromatic heterocycles. The number of nitrogens with zero attached hydrogens (tertiary/aromatic N) is 2. The molecule has 3 aromatic rings. The molecule has 0 atom stereocenters. The first kappa shape index (κ1) is 17.6. The van der Waals surface area contributed by atoms with Gasteiger partial charge in [-0.25, -0.2) is 9.78 Å². The van der Waals surface area contributed by atoms with Crippen molar-refractivity contribution in [1.82, 2.24) is 4.98 Å². The summed E-state index contributed by atoms with van der Waals surface area (Å²) in [6, 6.07) is 9.90. The van der Waals surface area contributed by atoms with Crippen LogP contribution in [0.5, 0.6) is 11.5 Å². The zero-order valence-corrected chi connectivity index (χ0v) is 14.7. The van der Waals surface area contributed by atoms with Crippen molar-refractivity contribution in [2.45, 2.75) is 6.61 Å². The Morgan fingerprint density at radius 2 is 1.88 bits per heavy atom. The molecule has 2 aromatic carbocycles. The lowest BCUT2D eigenvalue weighted by atomic mass is 10.1. The molecular weight excluding hydrogens is 360 g/mol. The first-order chi connectivity index (χ1) is 12.5. The number of thiazole rings is 1. The van der Waals surface area contributed by atoms with Crippen LogP contribution in [0.4, 0.5) is 5.69 Å². The van der Waals surface area contributed by atoms with Crippen molar-refractivity contribution in [3.05, 3.63) is 57.1 Å². The summed E-state index contributed by atoms with van der Waals surface area (Å²) in [5, 5.41) is 11.9. The minimum Gasteiger partial charge on any atom is -0.493 e. The monoisotopic (exact) mass is 374 g/mol. The van der Waals surface area contributed by atoms with Crippen LogP contribution < -0.4 is 9.47 Å². The highest BCUT2D eigenvalue weighted by atomic mass is 32.1. The maximum Gasteiger partial charge on any atom is 0.345 e. The van der Waals surface area contributed by atoms with Crippen LogP contribution in [-0.2, 0) is 11.3 Å². The van der Waals surface area contributed by atoms with Crippen LogP contribution in [0.1, 0.15) is 15.4 Å². The molecule has 0 saturated carbocycles. The predicted octanol–water partition coefficient (Wildman–Crippen LogP) is 3.58. The highest BCUT2D eigenvalue weighted by Gasteiger charge is 2.26. The molecule has 3 rings (SSSR count). The van der Waals surface area contributed by atoms with Gasteiger partial charge in [0.1, 0.15) is 17.2 Å². The molecule has 0 saturated heterocycles. The second-order valence-corrected chi connectivity index (χ2v) is 6.25. The smallest absolute Gasteiger partial charge is 0.345 e. The minimum absolute atomic E-state index is 0.0797. The van der Waals surface area contributed by atoms with Gasteiger partial charge in [-0.15, -0.1) is 11.3 Å². The van der Waals surface area contributed by atoms with E-state index in [1.165, 1.54) is 31.6 Å². The summed E-state index contributed by atoms with van der Waals surface area (Å²) in [5.41, 5.74) is 0.173. The number of para-hydroxylation sites is 1. The van der Waals surface area contributed by atoms with E-state index in [1.54, 1.807) is 0 Å². The number of ether oxygens (including phenoxy) is 3. The molecule has 0 amide bonds. The van der Waals surface area contributed by atoms with E-state index in [2.05, 4.69) is 4.98 Å². The average Bonchev–Trinajstić information content (AvgIpc) is 3.07. The van der Waals surface area contributed by atoms with E-state index in [-0.39, 0.29) is 23.7 Å². The standard InChI is InChI=1S/C17H14N2O6S/c1-23-13-7-10(12(19(21)22)8-14(13)24-2)17(20)25-9-16-18-11-5-3-4-6-15(11)26-16/h3-8H,9H2,1-2H3. The van der Waals surface area contributed by atoms with Gasteiger partial charge in [-0.1, -0.05) is 12.1 Å². The summed E-state index contributed by atoms with van der Waals surface area (Å²) < 4.78 is 16.3. The normalized spacial score (nSPS) is 10.5. The Hall–Kier alpha value is -3.20. The van der Waals surface area contributed by atoms with Gasteiger partial charge in [-0.05, 0) is 12.1 Å². The Morgan fingerprint density at radius 3 is 2.54 bits per heavy atom. The van der Waals surface area contributed by atoms with Crippen molar-refractivity contribution in [2.75, 3.05) is 14.2 Å². The first-order valence-corrected chi connectivity index (χ1v) is 8.27. The lowest BCUT2D eigenvalue weighted by molar-refractivity contribution is -0.385. The van der Waals surface area contributed by atoms with Gasteiger partial charge in [-0.2, -0.15) is 0 Å². The number of benzene rings is 2. The Balaban J connectivity index is 1.85. The molecule has 0 N–H and O–H groups in total. The fourth-order valence-corrected chi connectivity index (χ4v) is 3.25. The SMILES string of the molecule is COc1cc(C(=O)OCc2nc3ccccc3s2)c([N+](=O)[O-])cc1OC. The van der Waals surface area contributed by atoms with E-state index in [0.29, 0.717) is 5.01 Å². The summed E-state index contributed by atoms with van der Waals surface area (Å²) in [6.45, 7) is -0.0797. The Morgan fingerprint density at radius 1 is 1.19 bits per heavy atom. The number of methoxy groups -OCH3 is 2. The van der Waals surface area contributed by atoms with Gasteiger partial charge >= 0.3 is 5.97 Å². The third-order valence-electron chi connectivity index (χ3n) is 3.58. The van der Waals surface area contributed by atoms with Crippen LogP contribution in [0.15, 0.2) is 36.4 Å². The van der Waals surface area contributed by atoms with Crippen molar-refractivity contribution in [1.29, 1.82) is 0 Å². The second kappa shape index (κ2) is 7.36. The highest BCUT2D eigenvalue weighted by molar-refractivity contribution is 7.18. The van der Waals surface area contributed by atoms with Gasteiger partial charge in [0.15, 0.2) is 11.5 Å². The maximum atomic E-state index is 12.4. The molecule has 0 unspecified atom stereocenters. The maximum absolute atomic E-state index is 12.4. The number of rotatable bonds is 6. The fourth-order valence-electron chi connectivity index (χ4n) is 2.37. The van der Waals surface area contributed by atoms with E-state index < -0.39 is 16.6 Å². The largest absolute Gasteiger partial charge is 0.493 e. The third kappa shape index (κ3) is 3.42. The van der Waals surface area contributed by atoms with Crippen LogP contribution in [-0.4, -0.2) is 30.1 Å². The van der Waals surface area contributed by atoms with E-state index >= 15 is 0 Å². The molecule has 9 heteroatoms. The molecule has 8 nitrogen and oxygen atoms in total. The zero-order chi connectivity index (χ0) is 18.7. The number of aromatic nitrogens is 1. The lowest BCUT2D eigenvalue weighted by Gasteiger charge is -2.10. The molecule has 0 aliphatic heterocycles. The fraction of sp³-hybridized carbons (Fsp3) is 0.176. The number of esters is 1. The van der Waals surface area contributed by atoms with Crippen LogP contribution in [0.25, 0.3) is 10.2 Å². The van der Waals surface area contributed by atoms with Gasteiger partial charge in [0.25, 0.3) is 5.69 Å². The predicted molar refractivity (Wildman–Crippen MR) is 94.9 cm³/mol. The van der Waals surface area contributed by atoms with Gasteiger partial charge in [0.2, 0.25) is 0 Å². The summed E-state index contributed by atoms with van der Waals surface area (Å²) >= 11 is 1.39. The van der Waals surface area contributed by atoms with E-state index in [0.717, 1.165) is 16.3 Å². The molecule has 0 radical (unpaired) electrons. The van der Waals surface area contributed by atoms with E-state index in [9.17, 15) is 14.9 Å². The zero-order valence-electron chi connectivity index (χ0n) is 13.9. The van der Waals surface area contributed by atoms with Crippen molar-refractivity contribution < 1.29 is 23.9 Å². The second-order valence-electron chi connectivity index (χ2n) is 5.13. The van der Waals surface area contributed by atoms with Crippen molar-refractivity contribution in [3.8, 4) is 11.5 Å². The average molecular weight is 374 g/mol. The third-order valence-corrected chi connectivity index (χ3v) is 4.59. The number of fused-ring (bicyclic) bond motifs is 1. The summed E-state index contributed by atoms with van der Waals surface area (Å²) in [4.78, 5) is 27.3. The number of nitro groups is 1. The lowest BCUT2D eigenvalue weighted by Crippen LogP contribution is -2.09. The molecule has 0 fully saturated rings. The van der Waals surface area contributed by atoms with Crippen molar-refractivity contribution in [2.24, 2.45) is 0 Å². The van der Waals surface area contributed by atoms with Crippen LogP contribution in [0.3, 0.4) is 0 Å². The molecule has 134 valence electrons. The first-order valence-electron chi connectivity index (χ1n) is 7.45. The van der Waals surface area contributed by atoms with E-state index in [4.69, 9.17) is 14.2 Å². The van der Waals surface area contributed by atoms with Gasteiger partial charge in [-0.3, -0.25) is 10.1 Å². The van der Waals surface area contributed by atoms with Gasteiger partial charge in [0, 0.05) is 6.07 Å². The molecule has 1 heterocycles. The molecule has 0 aliphatic rings. The van der Waals surface area contributed by atoms with Crippen molar-refractivity contribution >= 4 is 33.2 Å². The quantitative estimate of drug-likeness (QED) is 0.369. The van der Waals surface area contributed by atoms with E-state index in [1.807, 2.05) is 24.3 Å². The number of carbonyl (C=O) groups is 1. The highest BCUT2D eigenvalue weighted by Crippen LogP contribution is 2.35. The Bertz CT molecular complexity index is 952. The number of carbonyl (C=O) groups excluding carboxylic acids is 1. The summed E-state index contributed by atoms with van der Waals surface area (Å²) in [5.74, 6) is -0.483. The number of hydrogen-bond donors (Lipinski definition) is 0. The van der Waals surface area contributed by atoms with Gasteiger partial charge in [0.05, 0.1) is 35.4 Å². The van der Waals surface area contributed by atoms with Crippen LogP contribution in [0.2, 0.25) is 0 Å². The molecule has 0 aliphatic carbocycles. The van der Waals surface area contributed by atoms with Crippen LogP contribution in [0, 0.1) is 10.1 Å². The molecular formula is C17H14N2O6S. The molecule has 26 heavy (non-hydrogen) atoms. The topological polar surface area (TPSA) is 101 Å².